The molecule has 1 aliphatic rings. The van der Waals surface area contributed by atoms with Crippen LogP contribution in [-0.4, -0.2) is 0 Å². The topological polar surface area (TPSA) is 0 Å². The zero-order valence-corrected chi connectivity index (χ0v) is 9.78. The quantitative estimate of drug-likeness (QED) is 0.563. The van der Waals surface area contributed by atoms with Crippen LogP contribution < -0.4 is 0 Å². The Hall–Kier alpha value is -1.04. The van der Waals surface area contributed by atoms with Gasteiger partial charge >= 0.3 is 0 Å². The highest BCUT2D eigenvalue weighted by molar-refractivity contribution is 5.44. The zero-order chi connectivity index (χ0) is 10.9. The van der Waals surface area contributed by atoms with Gasteiger partial charge in [-0.1, -0.05) is 55.9 Å². The molecule has 0 aromatic carbocycles. The molecule has 14 heavy (non-hydrogen) atoms. The second-order valence-corrected chi connectivity index (χ2v) is 4.83. The Morgan fingerprint density at radius 1 is 1.36 bits per heavy atom. The molecule has 0 saturated carbocycles. The number of hydrogen-bond acceptors (Lipinski definition) is 0. The van der Waals surface area contributed by atoms with E-state index in [0.29, 0.717) is 0 Å². The SMILES string of the molecule is C=C1C=C(C(C)(C)C(=C)C)C=C(C)C1. The van der Waals surface area contributed by atoms with Crippen molar-refractivity contribution in [3.8, 4) is 0 Å². The second-order valence-electron chi connectivity index (χ2n) is 4.83. The van der Waals surface area contributed by atoms with E-state index in [1.807, 2.05) is 0 Å². The summed E-state index contributed by atoms with van der Waals surface area (Å²) in [6.45, 7) is 16.8. The summed E-state index contributed by atoms with van der Waals surface area (Å²) in [5.41, 5.74) is 5.18. The van der Waals surface area contributed by atoms with E-state index >= 15 is 0 Å². The minimum atomic E-state index is 0.0601. The minimum Gasteiger partial charge on any atom is -0.0993 e. The molecule has 0 amide bonds. The lowest BCUT2D eigenvalue weighted by atomic mass is 9.75. The summed E-state index contributed by atoms with van der Waals surface area (Å²) >= 11 is 0. The maximum Gasteiger partial charge on any atom is 0.00997 e. The molecular formula is C14H20. The van der Waals surface area contributed by atoms with Gasteiger partial charge in [-0.15, -0.1) is 0 Å². The van der Waals surface area contributed by atoms with E-state index < -0.39 is 0 Å². The van der Waals surface area contributed by atoms with Gasteiger partial charge in [0.15, 0.2) is 0 Å². The summed E-state index contributed by atoms with van der Waals surface area (Å²) in [5, 5.41) is 0. The third-order valence-electron chi connectivity index (χ3n) is 3.06. The van der Waals surface area contributed by atoms with Crippen molar-refractivity contribution in [2.75, 3.05) is 0 Å². The molecule has 0 heteroatoms. The Kier molecular flexibility index (Phi) is 2.84. The molecule has 1 rings (SSSR count). The molecule has 0 aromatic heterocycles. The highest BCUT2D eigenvalue weighted by atomic mass is 14.3. The molecule has 0 unspecified atom stereocenters. The van der Waals surface area contributed by atoms with Crippen molar-refractivity contribution >= 4 is 0 Å². The highest BCUT2D eigenvalue weighted by Crippen LogP contribution is 2.38. The van der Waals surface area contributed by atoms with Crippen molar-refractivity contribution in [3.63, 3.8) is 0 Å². The molecule has 0 atom stereocenters. The van der Waals surface area contributed by atoms with Crippen LogP contribution >= 0.6 is 0 Å². The van der Waals surface area contributed by atoms with Crippen molar-refractivity contribution in [3.05, 3.63) is 47.6 Å². The molecule has 0 radical (unpaired) electrons. The maximum absolute atomic E-state index is 4.05. The van der Waals surface area contributed by atoms with Gasteiger partial charge in [0.25, 0.3) is 0 Å². The van der Waals surface area contributed by atoms with Crippen LogP contribution in [0.2, 0.25) is 0 Å². The van der Waals surface area contributed by atoms with Gasteiger partial charge in [0.05, 0.1) is 0 Å². The number of allylic oxidation sites excluding steroid dienone is 6. The summed E-state index contributed by atoms with van der Waals surface area (Å²) in [6, 6.07) is 0. The lowest BCUT2D eigenvalue weighted by Crippen LogP contribution is -2.16. The summed E-state index contributed by atoms with van der Waals surface area (Å²) in [6.07, 6.45) is 5.47. The van der Waals surface area contributed by atoms with Crippen LogP contribution in [0, 0.1) is 5.41 Å². The fourth-order valence-electron chi connectivity index (χ4n) is 1.59. The summed E-state index contributed by atoms with van der Waals surface area (Å²) in [4.78, 5) is 0. The summed E-state index contributed by atoms with van der Waals surface area (Å²) < 4.78 is 0. The first kappa shape index (κ1) is 11.0. The fraction of sp³-hybridized carbons (Fsp3) is 0.429. The van der Waals surface area contributed by atoms with Gasteiger partial charge < -0.3 is 0 Å². The minimum absolute atomic E-state index is 0.0601. The van der Waals surface area contributed by atoms with Gasteiger partial charge in [-0.05, 0) is 25.8 Å². The van der Waals surface area contributed by atoms with Crippen molar-refractivity contribution in [1.29, 1.82) is 0 Å². The lowest BCUT2D eigenvalue weighted by Gasteiger charge is -2.29. The Bertz CT molecular complexity index is 335. The predicted molar refractivity (Wildman–Crippen MR) is 64.2 cm³/mol. The third-order valence-corrected chi connectivity index (χ3v) is 3.06. The smallest absolute Gasteiger partial charge is 0.00997 e. The molecule has 0 N–H and O–H groups in total. The largest absolute Gasteiger partial charge is 0.0993 e. The van der Waals surface area contributed by atoms with E-state index in [9.17, 15) is 0 Å². The molecule has 1 aliphatic carbocycles. The standard InChI is InChI=1S/C14H20/c1-10(2)14(5,6)13-8-11(3)7-12(4)9-13/h8-9H,1,3,7H2,2,4-6H3. The normalized spacial score (nSPS) is 17.6. The second kappa shape index (κ2) is 3.61. The molecule has 0 heterocycles. The number of rotatable bonds is 2. The first-order valence-corrected chi connectivity index (χ1v) is 5.07. The van der Waals surface area contributed by atoms with Crippen LogP contribution in [0.3, 0.4) is 0 Å². The molecule has 0 aliphatic heterocycles. The fourth-order valence-corrected chi connectivity index (χ4v) is 1.59. The molecule has 0 spiro atoms. The van der Waals surface area contributed by atoms with E-state index in [0.717, 1.165) is 6.42 Å². The maximum atomic E-state index is 4.05. The molecule has 0 fully saturated rings. The molecule has 0 saturated heterocycles. The Labute approximate surface area is 87.7 Å². The monoisotopic (exact) mass is 188 g/mol. The molecule has 0 aromatic rings. The Balaban J connectivity index is 3.10. The average molecular weight is 188 g/mol. The first-order chi connectivity index (χ1) is 6.34. The van der Waals surface area contributed by atoms with Crippen LogP contribution in [0.15, 0.2) is 47.6 Å². The highest BCUT2D eigenvalue weighted by Gasteiger charge is 2.24. The number of hydrogen-bond donors (Lipinski definition) is 0. The Morgan fingerprint density at radius 3 is 2.36 bits per heavy atom. The van der Waals surface area contributed by atoms with Crippen molar-refractivity contribution in [1.82, 2.24) is 0 Å². The van der Waals surface area contributed by atoms with Crippen molar-refractivity contribution in [2.45, 2.75) is 34.1 Å². The van der Waals surface area contributed by atoms with Gasteiger partial charge in [0.2, 0.25) is 0 Å². The average Bonchev–Trinajstić information content (AvgIpc) is 2.01. The molecule has 76 valence electrons. The van der Waals surface area contributed by atoms with Crippen molar-refractivity contribution in [2.24, 2.45) is 5.41 Å². The van der Waals surface area contributed by atoms with Gasteiger partial charge in [-0.2, -0.15) is 0 Å². The van der Waals surface area contributed by atoms with E-state index in [2.05, 4.69) is 53.0 Å². The van der Waals surface area contributed by atoms with Crippen LogP contribution in [0.5, 0.6) is 0 Å². The van der Waals surface area contributed by atoms with Crippen molar-refractivity contribution < 1.29 is 0 Å². The van der Waals surface area contributed by atoms with E-state index in [1.165, 1.54) is 22.3 Å². The van der Waals surface area contributed by atoms with Crippen LogP contribution in [0.25, 0.3) is 0 Å². The predicted octanol–water partition coefficient (Wildman–Crippen LogP) is 4.42. The van der Waals surface area contributed by atoms with E-state index in [-0.39, 0.29) is 5.41 Å². The van der Waals surface area contributed by atoms with Gasteiger partial charge in [0, 0.05) is 5.41 Å². The summed E-state index contributed by atoms with van der Waals surface area (Å²) in [5.74, 6) is 0. The van der Waals surface area contributed by atoms with Crippen LogP contribution in [0.4, 0.5) is 0 Å². The van der Waals surface area contributed by atoms with Gasteiger partial charge in [0.1, 0.15) is 0 Å². The molecule has 0 nitrogen and oxygen atoms in total. The van der Waals surface area contributed by atoms with Gasteiger partial charge in [-0.3, -0.25) is 0 Å². The Morgan fingerprint density at radius 2 is 1.93 bits per heavy atom. The third kappa shape index (κ3) is 2.06. The van der Waals surface area contributed by atoms with Gasteiger partial charge in [-0.25, -0.2) is 0 Å². The lowest BCUT2D eigenvalue weighted by molar-refractivity contribution is 0.551. The molecule has 0 bridgehead atoms. The zero-order valence-electron chi connectivity index (χ0n) is 9.78. The summed E-state index contributed by atoms with van der Waals surface area (Å²) in [7, 11) is 0. The van der Waals surface area contributed by atoms with Crippen LogP contribution in [-0.2, 0) is 0 Å². The van der Waals surface area contributed by atoms with E-state index in [4.69, 9.17) is 0 Å². The van der Waals surface area contributed by atoms with Crippen LogP contribution in [0.1, 0.15) is 34.1 Å². The first-order valence-electron chi connectivity index (χ1n) is 5.07. The van der Waals surface area contributed by atoms with E-state index in [1.54, 1.807) is 0 Å². The molecular weight excluding hydrogens is 168 g/mol.